The first-order valence-corrected chi connectivity index (χ1v) is 7.33. The van der Waals surface area contributed by atoms with Crippen LogP contribution in [0.15, 0.2) is 60.7 Å². The molecule has 104 valence electrons. The molecule has 5 heteroatoms. The molecule has 0 radical (unpaired) electrons. The summed E-state index contributed by atoms with van der Waals surface area (Å²) in [7, 11) is 0. The lowest BCUT2D eigenvalue weighted by molar-refractivity contribution is 1.08. The Labute approximate surface area is 127 Å². The summed E-state index contributed by atoms with van der Waals surface area (Å²) >= 11 is 1.25. The van der Waals surface area contributed by atoms with Crippen molar-refractivity contribution in [3.05, 3.63) is 71.2 Å². The topological polar surface area (TPSA) is 52.9 Å². The quantitative estimate of drug-likeness (QED) is 0.586. The SMILES string of the molecule is Cc1nnsc1C(=N)N(c1ccccc1)c1ccccc1. The molecule has 0 bridgehead atoms. The lowest BCUT2D eigenvalue weighted by Gasteiger charge is -2.24. The number of para-hydroxylation sites is 2. The predicted octanol–water partition coefficient (Wildman–Crippen LogP) is 4.01. The van der Waals surface area contributed by atoms with E-state index in [1.807, 2.05) is 72.5 Å². The molecular formula is C16H14N4S. The molecule has 0 amide bonds. The molecular weight excluding hydrogens is 280 g/mol. The maximum absolute atomic E-state index is 8.58. The van der Waals surface area contributed by atoms with E-state index in [9.17, 15) is 0 Å². The minimum absolute atomic E-state index is 0.389. The minimum atomic E-state index is 0.389. The highest BCUT2D eigenvalue weighted by atomic mass is 32.1. The number of hydrogen-bond acceptors (Lipinski definition) is 4. The van der Waals surface area contributed by atoms with Gasteiger partial charge in [-0.3, -0.25) is 10.3 Å². The van der Waals surface area contributed by atoms with Crippen molar-refractivity contribution in [3.8, 4) is 0 Å². The van der Waals surface area contributed by atoms with Crippen LogP contribution in [0, 0.1) is 12.3 Å². The summed E-state index contributed by atoms with van der Waals surface area (Å²) in [5.41, 5.74) is 2.67. The van der Waals surface area contributed by atoms with Gasteiger partial charge in [-0.2, -0.15) is 0 Å². The predicted molar refractivity (Wildman–Crippen MR) is 86.5 cm³/mol. The van der Waals surface area contributed by atoms with Gasteiger partial charge in [0.05, 0.1) is 5.69 Å². The van der Waals surface area contributed by atoms with Gasteiger partial charge < -0.3 is 0 Å². The zero-order valence-electron chi connectivity index (χ0n) is 11.5. The summed E-state index contributed by atoms with van der Waals surface area (Å²) in [5, 5.41) is 12.6. The fourth-order valence-corrected chi connectivity index (χ4v) is 2.71. The van der Waals surface area contributed by atoms with Gasteiger partial charge >= 0.3 is 0 Å². The number of aryl methyl sites for hydroxylation is 1. The molecule has 3 rings (SSSR count). The zero-order chi connectivity index (χ0) is 14.7. The first-order chi connectivity index (χ1) is 10.3. The van der Waals surface area contributed by atoms with Crippen molar-refractivity contribution in [3.63, 3.8) is 0 Å². The van der Waals surface area contributed by atoms with E-state index in [4.69, 9.17) is 5.41 Å². The van der Waals surface area contributed by atoms with E-state index in [2.05, 4.69) is 9.59 Å². The molecule has 0 aliphatic rings. The average Bonchev–Trinajstić information content (AvgIpc) is 2.96. The molecule has 0 fully saturated rings. The van der Waals surface area contributed by atoms with Crippen LogP contribution < -0.4 is 4.90 Å². The molecule has 0 saturated heterocycles. The van der Waals surface area contributed by atoms with E-state index in [0.29, 0.717) is 5.84 Å². The molecule has 3 aromatic rings. The van der Waals surface area contributed by atoms with Crippen LogP contribution in [-0.4, -0.2) is 15.4 Å². The van der Waals surface area contributed by atoms with E-state index in [0.717, 1.165) is 21.9 Å². The van der Waals surface area contributed by atoms with Gasteiger partial charge in [0.25, 0.3) is 0 Å². The van der Waals surface area contributed by atoms with Crippen molar-refractivity contribution < 1.29 is 0 Å². The Balaban J connectivity index is 2.09. The molecule has 4 nitrogen and oxygen atoms in total. The Hall–Kier alpha value is -2.53. The van der Waals surface area contributed by atoms with Crippen LogP contribution in [0.4, 0.5) is 11.4 Å². The molecule has 0 saturated carbocycles. The Morgan fingerprint density at radius 3 is 1.90 bits per heavy atom. The number of aromatic nitrogens is 2. The number of benzene rings is 2. The van der Waals surface area contributed by atoms with E-state index < -0.39 is 0 Å². The van der Waals surface area contributed by atoms with Crippen LogP contribution in [-0.2, 0) is 0 Å². The summed E-state index contributed by atoms with van der Waals surface area (Å²) in [5.74, 6) is 0.389. The van der Waals surface area contributed by atoms with Crippen LogP contribution in [0.2, 0.25) is 0 Å². The fourth-order valence-electron chi connectivity index (χ4n) is 2.11. The summed E-state index contributed by atoms with van der Waals surface area (Å²) in [6.45, 7) is 1.88. The number of rotatable bonds is 3. The summed E-state index contributed by atoms with van der Waals surface area (Å²) in [6.07, 6.45) is 0. The number of hydrogen-bond donors (Lipinski definition) is 1. The maximum atomic E-state index is 8.58. The third kappa shape index (κ3) is 2.68. The maximum Gasteiger partial charge on any atom is 0.151 e. The third-order valence-corrected chi connectivity index (χ3v) is 3.95. The monoisotopic (exact) mass is 294 g/mol. The fraction of sp³-hybridized carbons (Fsp3) is 0.0625. The van der Waals surface area contributed by atoms with Gasteiger partial charge in [0, 0.05) is 11.4 Å². The minimum Gasteiger partial charge on any atom is -0.294 e. The molecule has 0 aliphatic carbocycles. The molecule has 1 aromatic heterocycles. The van der Waals surface area contributed by atoms with Crippen molar-refractivity contribution in [1.82, 2.24) is 9.59 Å². The standard InChI is InChI=1S/C16H14N4S/c1-12-15(21-19-18-12)16(17)20(13-8-4-2-5-9-13)14-10-6-3-7-11-14/h2-11,17H,1H3. The van der Waals surface area contributed by atoms with Crippen LogP contribution in [0.25, 0.3) is 0 Å². The van der Waals surface area contributed by atoms with E-state index >= 15 is 0 Å². The summed E-state index contributed by atoms with van der Waals surface area (Å²) < 4.78 is 3.94. The van der Waals surface area contributed by atoms with Crippen molar-refractivity contribution >= 4 is 28.7 Å². The lowest BCUT2D eigenvalue weighted by atomic mass is 10.2. The Morgan fingerprint density at radius 1 is 0.952 bits per heavy atom. The molecule has 1 heterocycles. The number of nitrogens with one attached hydrogen (secondary N) is 1. The molecule has 0 unspecified atom stereocenters. The Morgan fingerprint density at radius 2 is 1.48 bits per heavy atom. The highest BCUT2D eigenvalue weighted by molar-refractivity contribution is 7.08. The smallest absolute Gasteiger partial charge is 0.151 e. The first kappa shape index (κ1) is 13.5. The van der Waals surface area contributed by atoms with E-state index in [1.165, 1.54) is 11.5 Å². The third-order valence-electron chi connectivity index (χ3n) is 3.12. The van der Waals surface area contributed by atoms with Crippen LogP contribution in [0.1, 0.15) is 10.6 Å². The second-order valence-corrected chi connectivity index (χ2v) is 5.30. The normalized spacial score (nSPS) is 10.3. The van der Waals surface area contributed by atoms with E-state index in [-0.39, 0.29) is 0 Å². The highest BCUT2D eigenvalue weighted by Gasteiger charge is 2.19. The number of amidine groups is 1. The molecule has 21 heavy (non-hydrogen) atoms. The molecule has 0 aliphatic heterocycles. The summed E-state index contributed by atoms with van der Waals surface area (Å²) in [6, 6.07) is 19.8. The van der Waals surface area contributed by atoms with Crippen LogP contribution in [0.3, 0.4) is 0 Å². The highest BCUT2D eigenvalue weighted by Crippen LogP contribution is 2.28. The second kappa shape index (κ2) is 5.85. The van der Waals surface area contributed by atoms with Crippen molar-refractivity contribution in [2.45, 2.75) is 6.92 Å². The van der Waals surface area contributed by atoms with Crippen molar-refractivity contribution in [2.75, 3.05) is 4.90 Å². The molecule has 2 aromatic carbocycles. The van der Waals surface area contributed by atoms with Crippen LogP contribution in [0.5, 0.6) is 0 Å². The zero-order valence-corrected chi connectivity index (χ0v) is 12.3. The molecule has 1 N–H and O–H groups in total. The van der Waals surface area contributed by atoms with Crippen molar-refractivity contribution in [1.29, 1.82) is 5.41 Å². The number of nitrogens with zero attached hydrogens (tertiary/aromatic N) is 3. The van der Waals surface area contributed by atoms with Gasteiger partial charge in [-0.25, -0.2) is 0 Å². The summed E-state index contributed by atoms with van der Waals surface area (Å²) in [4.78, 5) is 2.69. The van der Waals surface area contributed by atoms with Gasteiger partial charge in [-0.05, 0) is 42.7 Å². The van der Waals surface area contributed by atoms with Gasteiger partial charge in [-0.1, -0.05) is 40.9 Å². The molecule has 0 spiro atoms. The van der Waals surface area contributed by atoms with Gasteiger partial charge in [0.15, 0.2) is 5.84 Å². The average molecular weight is 294 g/mol. The van der Waals surface area contributed by atoms with Gasteiger partial charge in [0.1, 0.15) is 4.88 Å². The number of anilines is 2. The largest absolute Gasteiger partial charge is 0.294 e. The van der Waals surface area contributed by atoms with Crippen LogP contribution >= 0.6 is 11.5 Å². The van der Waals surface area contributed by atoms with Gasteiger partial charge in [-0.15, -0.1) is 5.10 Å². The second-order valence-electron chi connectivity index (χ2n) is 4.54. The Bertz CT molecular complexity index is 698. The van der Waals surface area contributed by atoms with Crippen molar-refractivity contribution in [2.24, 2.45) is 0 Å². The molecule has 0 atom stereocenters. The Kier molecular flexibility index (Phi) is 3.75. The first-order valence-electron chi connectivity index (χ1n) is 6.55. The van der Waals surface area contributed by atoms with E-state index in [1.54, 1.807) is 0 Å². The lowest BCUT2D eigenvalue weighted by Crippen LogP contribution is -2.25. The van der Waals surface area contributed by atoms with Gasteiger partial charge in [0.2, 0.25) is 0 Å².